The highest BCUT2D eigenvalue weighted by atomic mass is 15.4. The van der Waals surface area contributed by atoms with E-state index >= 15 is 0 Å². The number of benzene rings is 1. The van der Waals surface area contributed by atoms with E-state index in [1.54, 1.807) is 5.01 Å². The van der Waals surface area contributed by atoms with Gasteiger partial charge in [0.1, 0.15) is 0 Å². The Morgan fingerprint density at radius 1 is 1.33 bits per heavy atom. The van der Waals surface area contributed by atoms with E-state index in [1.807, 2.05) is 25.2 Å². The van der Waals surface area contributed by atoms with Crippen LogP contribution in [0, 0.1) is 0 Å². The molecule has 3 heteroatoms. The number of nitrogens with zero attached hydrogens (tertiary/aromatic N) is 1. The van der Waals surface area contributed by atoms with E-state index in [1.165, 1.54) is 5.56 Å². The molecule has 0 unspecified atom stereocenters. The first-order chi connectivity index (χ1) is 5.79. The van der Waals surface area contributed by atoms with Crippen LogP contribution in [0.25, 0.3) is 0 Å². The molecule has 12 heavy (non-hydrogen) atoms. The lowest BCUT2D eigenvalue weighted by molar-refractivity contribution is 0.317. The molecule has 0 saturated heterocycles. The summed E-state index contributed by atoms with van der Waals surface area (Å²) in [5.74, 6) is 5.43. The monoisotopic (exact) mass is 165 g/mol. The van der Waals surface area contributed by atoms with Crippen LogP contribution in [0.2, 0.25) is 0 Å². The van der Waals surface area contributed by atoms with Crippen LogP contribution in [0.3, 0.4) is 0 Å². The van der Waals surface area contributed by atoms with Crippen LogP contribution >= 0.6 is 0 Å². The second kappa shape index (κ2) is 4.87. The van der Waals surface area contributed by atoms with Gasteiger partial charge in [-0.1, -0.05) is 30.3 Å². The quantitative estimate of drug-likeness (QED) is 0.389. The molecule has 0 atom stereocenters. The maximum Gasteiger partial charge on any atom is 0.0617 e. The second-order valence-corrected chi connectivity index (χ2v) is 2.83. The van der Waals surface area contributed by atoms with Gasteiger partial charge in [0.2, 0.25) is 0 Å². The molecule has 1 aromatic carbocycles. The first kappa shape index (κ1) is 9.19. The third kappa shape index (κ3) is 3.48. The zero-order valence-electron chi connectivity index (χ0n) is 7.33. The molecule has 0 aromatic heterocycles. The van der Waals surface area contributed by atoms with Gasteiger partial charge in [-0.25, -0.2) is 5.01 Å². The van der Waals surface area contributed by atoms with Gasteiger partial charge in [-0.3, -0.25) is 11.2 Å². The molecule has 0 aliphatic carbocycles. The van der Waals surface area contributed by atoms with Gasteiger partial charge < -0.3 is 0 Å². The SMILES string of the molecule is CN(N)CNCc1ccccc1. The van der Waals surface area contributed by atoms with Crippen LogP contribution in [-0.2, 0) is 6.54 Å². The van der Waals surface area contributed by atoms with Crippen molar-refractivity contribution in [2.45, 2.75) is 6.54 Å². The lowest BCUT2D eigenvalue weighted by atomic mass is 10.2. The van der Waals surface area contributed by atoms with E-state index in [0.717, 1.165) is 6.54 Å². The predicted octanol–water partition coefficient (Wildman–Crippen LogP) is 0.539. The van der Waals surface area contributed by atoms with Crippen LogP contribution in [0.5, 0.6) is 0 Å². The predicted molar refractivity (Wildman–Crippen MR) is 50.1 cm³/mol. The maximum absolute atomic E-state index is 5.43. The van der Waals surface area contributed by atoms with Gasteiger partial charge in [0, 0.05) is 13.6 Å². The minimum absolute atomic E-state index is 0.703. The molecule has 0 aliphatic heterocycles. The standard InChI is InChI=1S/C9H15N3/c1-12(10)8-11-7-9-5-3-2-4-6-9/h2-6,11H,7-8,10H2,1H3. The lowest BCUT2D eigenvalue weighted by Gasteiger charge is -2.10. The van der Waals surface area contributed by atoms with Crippen molar-refractivity contribution in [1.82, 2.24) is 10.3 Å². The van der Waals surface area contributed by atoms with E-state index in [4.69, 9.17) is 5.84 Å². The van der Waals surface area contributed by atoms with Crippen molar-refractivity contribution in [3.8, 4) is 0 Å². The summed E-state index contributed by atoms with van der Waals surface area (Å²) < 4.78 is 0. The Morgan fingerprint density at radius 3 is 2.58 bits per heavy atom. The fraction of sp³-hybridized carbons (Fsp3) is 0.333. The number of hydrazine groups is 1. The second-order valence-electron chi connectivity index (χ2n) is 2.83. The zero-order valence-corrected chi connectivity index (χ0v) is 7.33. The zero-order chi connectivity index (χ0) is 8.81. The topological polar surface area (TPSA) is 41.3 Å². The van der Waals surface area contributed by atoms with E-state index in [2.05, 4.69) is 17.4 Å². The summed E-state index contributed by atoms with van der Waals surface area (Å²) in [6.07, 6.45) is 0. The van der Waals surface area contributed by atoms with Gasteiger partial charge in [0.05, 0.1) is 6.67 Å². The molecule has 3 N–H and O–H groups in total. The molecule has 0 aliphatic rings. The molecular formula is C9H15N3. The van der Waals surface area contributed by atoms with Crippen molar-refractivity contribution in [2.75, 3.05) is 13.7 Å². The van der Waals surface area contributed by atoms with Gasteiger partial charge in [0.25, 0.3) is 0 Å². The van der Waals surface area contributed by atoms with Gasteiger partial charge in [0.15, 0.2) is 0 Å². The van der Waals surface area contributed by atoms with Crippen LogP contribution in [-0.4, -0.2) is 18.7 Å². The van der Waals surface area contributed by atoms with Gasteiger partial charge in [-0.15, -0.1) is 0 Å². The normalized spacial score (nSPS) is 10.6. The summed E-state index contributed by atoms with van der Waals surface area (Å²) >= 11 is 0. The highest BCUT2D eigenvalue weighted by molar-refractivity contribution is 5.14. The Kier molecular flexibility index (Phi) is 3.73. The third-order valence-electron chi connectivity index (χ3n) is 1.53. The average Bonchev–Trinajstić information content (AvgIpc) is 2.05. The van der Waals surface area contributed by atoms with E-state index in [0.29, 0.717) is 6.67 Å². The lowest BCUT2D eigenvalue weighted by Crippen LogP contribution is -2.35. The number of hydrogen-bond acceptors (Lipinski definition) is 3. The molecule has 0 fully saturated rings. The smallest absolute Gasteiger partial charge is 0.0617 e. The minimum Gasteiger partial charge on any atom is -0.299 e. The van der Waals surface area contributed by atoms with Crippen LogP contribution in [0.1, 0.15) is 5.56 Å². The number of nitrogens with two attached hydrogens (primary N) is 1. The highest BCUT2D eigenvalue weighted by Crippen LogP contribution is 1.96. The highest BCUT2D eigenvalue weighted by Gasteiger charge is 1.90. The molecule has 0 bridgehead atoms. The number of hydrogen-bond donors (Lipinski definition) is 2. The Bertz CT molecular complexity index is 208. The summed E-state index contributed by atoms with van der Waals surface area (Å²) in [4.78, 5) is 0. The molecular weight excluding hydrogens is 150 g/mol. The van der Waals surface area contributed by atoms with Crippen LogP contribution < -0.4 is 11.2 Å². The summed E-state index contributed by atoms with van der Waals surface area (Å²) in [6.45, 7) is 1.57. The van der Waals surface area contributed by atoms with Crippen molar-refractivity contribution in [2.24, 2.45) is 5.84 Å². The van der Waals surface area contributed by atoms with Gasteiger partial charge >= 0.3 is 0 Å². The minimum atomic E-state index is 0.703. The molecule has 0 saturated carbocycles. The van der Waals surface area contributed by atoms with Crippen molar-refractivity contribution >= 4 is 0 Å². The summed E-state index contributed by atoms with van der Waals surface area (Å²) in [7, 11) is 1.83. The average molecular weight is 165 g/mol. The fourth-order valence-corrected chi connectivity index (χ4v) is 0.972. The van der Waals surface area contributed by atoms with Crippen molar-refractivity contribution in [3.05, 3.63) is 35.9 Å². The van der Waals surface area contributed by atoms with E-state index < -0.39 is 0 Å². The molecule has 0 amide bonds. The summed E-state index contributed by atoms with van der Waals surface area (Å²) in [5.41, 5.74) is 1.28. The summed E-state index contributed by atoms with van der Waals surface area (Å²) in [6, 6.07) is 10.2. The van der Waals surface area contributed by atoms with Crippen molar-refractivity contribution in [1.29, 1.82) is 0 Å². The van der Waals surface area contributed by atoms with Crippen LogP contribution in [0.15, 0.2) is 30.3 Å². The number of rotatable bonds is 4. The molecule has 0 spiro atoms. The first-order valence-corrected chi connectivity index (χ1v) is 3.99. The largest absolute Gasteiger partial charge is 0.299 e. The Labute approximate surface area is 73.1 Å². The molecule has 1 aromatic rings. The Morgan fingerprint density at radius 2 is 2.00 bits per heavy atom. The summed E-state index contributed by atoms with van der Waals surface area (Å²) in [5, 5.41) is 4.82. The number of nitrogens with one attached hydrogen (secondary N) is 1. The first-order valence-electron chi connectivity index (χ1n) is 3.99. The fourth-order valence-electron chi connectivity index (χ4n) is 0.972. The van der Waals surface area contributed by atoms with E-state index in [9.17, 15) is 0 Å². The molecule has 66 valence electrons. The van der Waals surface area contributed by atoms with Crippen LogP contribution in [0.4, 0.5) is 0 Å². The Balaban J connectivity index is 2.25. The molecule has 3 nitrogen and oxygen atoms in total. The van der Waals surface area contributed by atoms with Crippen molar-refractivity contribution < 1.29 is 0 Å². The van der Waals surface area contributed by atoms with Gasteiger partial charge in [-0.05, 0) is 5.56 Å². The van der Waals surface area contributed by atoms with Crippen molar-refractivity contribution in [3.63, 3.8) is 0 Å². The molecule has 1 rings (SSSR count). The van der Waals surface area contributed by atoms with Gasteiger partial charge in [-0.2, -0.15) is 0 Å². The molecule has 0 heterocycles. The third-order valence-corrected chi connectivity index (χ3v) is 1.53. The van der Waals surface area contributed by atoms with E-state index in [-0.39, 0.29) is 0 Å². The maximum atomic E-state index is 5.43. The molecule has 0 radical (unpaired) electrons. The Hall–Kier alpha value is -0.900.